The number of nitrogens with zero attached hydrogens (tertiary/aromatic N) is 2. The summed E-state index contributed by atoms with van der Waals surface area (Å²) in [7, 11) is 0. The van der Waals surface area contributed by atoms with Crippen LogP contribution in [-0.2, 0) is 0 Å². The van der Waals surface area contributed by atoms with Crippen LogP contribution in [-0.4, -0.2) is 35.4 Å². The van der Waals surface area contributed by atoms with E-state index in [9.17, 15) is 13.9 Å². The minimum atomic E-state index is -0.583. The van der Waals surface area contributed by atoms with Crippen LogP contribution in [0.1, 0.15) is 12.8 Å². The van der Waals surface area contributed by atoms with Gasteiger partial charge < -0.3 is 14.7 Å². The van der Waals surface area contributed by atoms with Crippen molar-refractivity contribution in [2.45, 2.75) is 25.0 Å². The Bertz CT molecular complexity index is 740. The maximum absolute atomic E-state index is 14.0. The van der Waals surface area contributed by atoms with Crippen molar-refractivity contribution >= 4 is 5.82 Å². The van der Waals surface area contributed by atoms with Crippen molar-refractivity contribution < 1.29 is 18.6 Å². The average Bonchev–Trinajstić information content (AvgIpc) is 3.00. The Balaban J connectivity index is 1.45. The summed E-state index contributed by atoms with van der Waals surface area (Å²) in [6, 6.07) is 8.82. The molecule has 1 aromatic carbocycles. The second kappa shape index (κ2) is 6.59. The first-order chi connectivity index (χ1) is 12.1. The van der Waals surface area contributed by atoms with Gasteiger partial charge in [-0.1, -0.05) is 0 Å². The molecule has 132 valence electrons. The third kappa shape index (κ3) is 3.31. The van der Waals surface area contributed by atoms with E-state index < -0.39 is 6.10 Å². The molecule has 1 aliphatic carbocycles. The molecule has 0 bridgehead atoms. The highest BCUT2D eigenvalue weighted by Crippen LogP contribution is 2.39. The molecule has 1 N–H and O–H groups in total. The number of halogens is 2. The lowest BCUT2D eigenvalue weighted by atomic mass is 9.78. The maximum Gasteiger partial charge on any atom is 0.165 e. The van der Waals surface area contributed by atoms with E-state index in [1.165, 1.54) is 18.2 Å². The summed E-state index contributed by atoms with van der Waals surface area (Å²) in [6.07, 6.45) is 1.98. The molecular weight excluding hydrogens is 326 g/mol. The topological polar surface area (TPSA) is 45.6 Å². The van der Waals surface area contributed by atoms with E-state index in [2.05, 4.69) is 4.98 Å². The van der Waals surface area contributed by atoms with Crippen molar-refractivity contribution in [2.24, 2.45) is 11.8 Å². The normalized spacial score (nSPS) is 28.7. The number of anilines is 1. The number of rotatable bonds is 3. The van der Waals surface area contributed by atoms with Gasteiger partial charge in [-0.05, 0) is 61.1 Å². The fourth-order valence-corrected chi connectivity index (χ4v) is 3.99. The Morgan fingerprint density at radius 3 is 2.48 bits per heavy atom. The van der Waals surface area contributed by atoms with Gasteiger partial charge in [0.05, 0.1) is 6.10 Å². The Hall–Kier alpha value is -2.21. The molecule has 1 aliphatic heterocycles. The second-order valence-electron chi connectivity index (χ2n) is 6.88. The van der Waals surface area contributed by atoms with Gasteiger partial charge >= 0.3 is 0 Å². The highest BCUT2D eigenvalue weighted by atomic mass is 19.1. The van der Waals surface area contributed by atoms with E-state index in [0.717, 1.165) is 0 Å². The minimum Gasteiger partial charge on any atom is -0.488 e. The average molecular weight is 346 g/mol. The fraction of sp³-hybridized carbons (Fsp3) is 0.421. The zero-order valence-corrected chi connectivity index (χ0v) is 13.7. The van der Waals surface area contributed by atoms with Crippen molar-refractivity contribution in [3.8, 4) is 5.75 Å². The number of fused-ring (bicyclic) bond motifs is 1. The van der Waals surface area contributed by atoms with Crippen molar-refractivity contribution in [1.82, 2.24) is 4.98 Å². The van der Waals surface area contributed by atoms with Crippen LogP contribution in [0.2, 0.25) is 0 Å². The van der Waals surface area contributed by atoms with E-state index in [-0.39, 0.29) is 17.7 Å². The standard InChI is InChI=1S/C19H20F2N2O2/c20-14-3-5-15(6-4-14)25-18-9-13-11-23(10-12(13)8-17(18)24)19-16(21)2-1-7-22-19/h1-7,12-13,17-18,24H,8-11H2/t12-,13+,17+,18+/m0/s1. The highest BCUT2D eigenvalue weighted by molar-refractivity contribution is 5.41. The third-order valence-electron chi connectivity index (χ3n) is 5.22. The molecule has 0 spiro atoms. The Morgan fingerprint density at radius 2 is 1.76 bits per heavy atom. The highest BCUT2D eigenvalue weighted by Gasteiger charge is 2.43. The lowest BCUT2D eigenvalue weighted by Gasteiger charge is -2.35. The minimum absolute atomic E-state index is 0.296. The second-order valence-corrected chi connectivity index (χ2v) is 6.88. The summed E-state index contributed by atoms with van der Waals surface area (Å²) in [5.41, 5.74) is 0. The van der Waals surface area contributed by atoms with Crippen LogP contribution in [0.25, 0.3) is 0 Å². The van der Waals surface area contributed by atoms with E-state index in [1.807, 2.05) is 4.90 Å². The lowest BCUT2D eigenvalue weighted by Crippen LogP contribution is -2.42. The smallest absolute Gasteiger partial charge is 0.165 e. The largest absolute Gasteiger partial charge is 0.488 e. The zero-order chi connectivity index (χ0) is 17.4. The number of hydrogen-bond acceptors (Lipinski definition) is 4. The molecule has 2 fully saturated rings. The summed E-state index contributed by atoms with van der Waals surface area (Å²) < 4.78 is 32.9. The number of hydrogen-bond donors (Lipinski definition) is 1. The predicted octanol–water partition coefficient (Wildman–Crippen LogP) is 3.01. The van der Waals surface area contributed by atoms with Crippen LogP contribution >= 0.6 is 0 Å². The molecule has 6 heteroatoms. The quantitative estimate of drug-likeness (QED) is 0.928. The molecule has 25 heavy (non-hydrogen) atoms. The number of pyridine rings is 1. The predicted molar refractivity (Wildman–Crippen MR) is 89.4 cm³/mol. The van der Waals surface area contributed by atoms with Crippen molar-refractivity contribution in [2.75, 3.05) is 18.0 Å². The van der Waals surface area contributed by atoms with Crippen molar-refractivity contribution in [3.63, 3.8) is 0 Å². The van der Waals surface area contributed by atoms with Crippen molar-refractivity contribution in [3.05, 3.63) is 54.2 Å². The third-order valence-corrected chi connectivity index (χ3v) is 5.22. The number of aliphatic hydroxyl groups excluding tert-OH is 1. The lowest BCUT2D eigenvalue weighted by molar-refractivity contribution is -0.0231. The molecule has 1 saturated heterocycles. The molecule has 0 amide bonds. The summed E-state index contributed by atoms with van der Waals surface area (Å²) >= 11 is 0. The van der Waals surface area contributed by atoms with Gasteiger partial charge in [0.1, 0.15) is 17.7 Å². The first kappa shape index (κ1) is 16.3. The molecule has 0 radical (unpaired) electrons. The molecule has 1 saturated carbocycles. The Morgan fingerprint density at radius 1 is 1.04 bits per heavy atom. The van der Waals surface area contributed by atoms with Crippen LogP contribution in [0.15, 0.2) is 42.6 Å². The van der Waals surface area contributed by atoms with Gasteiger partial charge in [0.25, 0.3) is 0 Å². The summed E-state index contributed by atoms with van der Waals surface area (Å²) in [5.74, 6) is 0.901. The van der Waals surface area contributed by atoms with Crippen molar-refractivity contribution in [1.29, 1.82) is 0 Å². The van der Waals surface area contributed by atoms with E-state index in [0.29, 0.717) is 49.3 Å². The molecule has 2 aliphatic rings. The van der Waals surface area contributed by atoms with E-state index in [4.69, 9.17) is 4.74 Å². The van der Waals surface area contributed by atoms with Crippen LogP contribution in [0, 0.1) is 23.5 Å². The summed E-state index contributed by atoms with van der Waals surface area (Å²) in [5, 5.41) is 10.4. The van der Waals surface area contributed by atoms with Crippen LogP contribution < -0.4 is 9.64 Å². The number of aliphatic hydroxyl groups is 1. The first-order valence-corrected chi connectivity index (χ1v) is 8.56. The fourth-order valence-electron chi connectivity index (χ4n) is 3.99. The SMILES string of the molecule is O[C@@H]1C[C@H]2CN(c3ncccc3F)C[C@H]2C[C@H]1Oc1ccc(F)cc1. The van der Waals surface area contributed by atoms with Gasteiger partial charge in [-0.15, -0.1) is 0 Å². The van der Waals surface area contributed by atoms with Gasteiger partial charge in [0.15, 0.2) is 11.6 Å². The van der Waals surface area contributed by atoms with Crippen LogP contribution in [0.5, 0.6) is 5.75 Å². The summed E-state index contributed by atoms with van der Waals surface area (Å²) in [6.45, 7) is 1.40. The summed E-state index contributed by atoms with van der Waals surface area (Å²) in [4.78, 5) is 6.11. The molecule has 4 atom stereocenters. The van der Waals surface area contributed by atoms with Gasteiger partial charge in [-0.25, -0.2) is 13.8 Å². The van der Waals surface area contributed by atoms with Crippen LogP contribution in [0.3, 0.4) is 0 Å². The van der Waals surface area contributed by atoms with Gasteiger partial charge in [0.2, 0.25) is 0 Å². The molecular formula is C19H20F2N2O2. The number of benzene rings is 1. The molecule has 1 aromatic heterocycles. The molecule has 0 unspecified atom stereocenters. The molecule has 2 aromatic rings. The molecule has 4 rings (SSSR count). The monoisotopic (exact) mass is 346 g/mol. The van der Waals surface area contributed by atoms with E-state index in [1.54, 1.807) is 24.4 Å². The first-order valence-electron chi connectivity index (χ1n) is 8.56. The van der Waals surface area contributed by atoms with Crippen LogP contribution in [0.4, 0.5) is 14.6 Å². The maximum atomic E-state index is 14.0. The number of aromatic nitrogens is 1. The molecule has 2 heterocycles. The van der Waals surface area contributed by atoms with Gasteiger partial charge in [0, 0.05) is 19.3 Å². The Labute approximate surface area is 145 Å². The zero-order valence-electron chi connectivity index (χ0n) is 13.7. The van der Waals surface area contributed by atoms with Gasteiger partial charge in [-0.3, -0.25) is 0 Å². The van der Waals surface area contributed by atoms with Gasteiger partial charge in [-0.2, -0.15) is 0 Å². The number of ether oxygens (including phenoxy) is 1. The van der Waals surface area contributed by atoms with E-state index >= 15 is 0 Å². The molecule has 4 nitrogen and oxygen atoms in total. The Kier molecular flexibility index (Phi) is 4.29.